The minimum absolute atomic E-state index is 0. The molecule has 87 heavy (non-hydrogen) atoms. The average molecular weight is 1200 g/mol. The van der Waals surface area contributed by atoms with Crippen LogP contribution in [0.3, 0.4) is 0 Å². The number of alkyl halides is 6. The highest BCUT2D eigenvalue weighted by Gasteiger charge is 2.34. The third-order valence-corrected chi connectivity index (χ3v) is 15.4. The lowest BCUT2D eigenvalue weighted by Crippen LogP contribution is -2.44. The zero-order valence-electron chi connectivity index (χ0n) is 48.4. The number of likely N-dealkylation sites (N-methyl/N-ethyl adjacent to an activating group) is 2. The highest BCUT2D eigenvalue weighted by molar-refractivity contribution is 6.05. The predicted octanol–water partition coefficient (Wildman–Crippen LogP) is 12.3. The second-order valence-corrected chi connectivity index (χ2v) is 21.7. The number of hydrogen-bond acceptors (Lipinski definition) is 11. The largest absolute Gasteiger partial charge is 0.478 e. The van der Waals surface area contributed by atoms with E-state index in [0.29, 0.717) is 96.0 Å². The number of para-hydroxylation sites is 1. The fourth-order valence-electron chi connectivity index (χ4n) is 10.4. The second kappa shape index (κ2) is 26.1. The van der Waals surface area contributed by atoms with E-state index in [-0.39, 0.29) is 29.7 Å². The number of halogens is 6. The van der Waals surface area contributed by atoms with Crippen LogP contribution in [0.15, 0.2) is 149 Å². The molecule has 4 aromatic heterocycles. The van der Waals surface area contributed by atoms with Crippen molar-refractivity contribution >= 4 is 56.4 Å². The molecule has 0 aliphatic carbocycles. The number of fused-ring (bicyclic) bond motifs is 2. The van der Waals surface area contributed by atoms with Gasteiger partial charge in [0.2, 0.25) is 0 Å². The number of nitrogens with one attached hydrogen (secondary N) is 1. The molecular weight excluding hydrogens is 1130 g/mol. The summed E-state index contributed by atoms with van der Waals surface area (Å²) in [6.07, 6.45) is -5.64. The van der Waals surface area contributed by atoms with Crippen molar-refractivity contribution in [3.63, 3.8) is 0 Å². The zero-order chi connectivity index (χ0) is 61.9. The SMILES string of the molecule is C.CN1CCN(c2cc(C(=O)O)cc(C(F)(F)F)c2)CC1.Cc1cc2c(cn1)cc(-c1cc(N)ccc1C)c(=O)n2C.Cc1cc2c(cn1)cc(-c1cc(NC(=O)c3cc(N4CCN(C)CC4)cc(C(F)(F)F)c3)ccc1C)c(=O)n2-c1ccccc1. The maximum Gasteiger partial charge on any atom is 0.416 e. The Bertz CT molecular complexity index is 4150. The average Bonchev–Trinajstić information content (AvgIpc) is 0.976. The van der Waals surface area contributed by atoms with Crippen LogP contribution in [-0.4, -0.2) is 112 Å². The highest BCUT2D eigenvalue weighted by atomic mass is 19.4. The molecule has 0 atom stereocenters. The fraction of sp³-hybridized carbons (Fsp3) is 0.273. The van der Waals surface area contributed by atoms with Crippen molar-refractivity contribution in [1.82, 2.24) is 28.9 Å². The number of rotatable bonds is 8. The number of carbonyl (C=O) groups is 2. The van der Waals surface area contributed by atoms with Gasteiger partial charge in [0.25, 0.3) is 17.0 Å². The van der Waals surface area contributed by atoms with Gasteiger partial charge < -0.3 is 40.3 Å². The van der Waals surface area contributed by atoms with Crippen LogP contribution in [0.4, 0.5) is 49.1 Å². The Morgan fingerprint density at radius 2 is 1.00 bits per heavy atom. The van der Waals surface area contributed by atoms with Crippen LogP contribution in [0.1, 0.15) is 61.8 Å². The number of pyridine rings is 4. The van der Waals surface area contributed by atoms with E-state index in [1.807, 2.05) is 113 Å². The van der Waals surface area contributed by atoms with Gasteiger partial charge in [-0.1, -0.05) is 37.8 Å². The van der Waals surface area contributed by atoms with Gasteiger partial charge in [0.05, 0.1) is 27.7 Å². The molecule has 6 heterocycles. The summed E-state index contributed by atoms with van der Waals surface area (Å²) in [6, 6.07) is 34.0. The molecule has 454 valence electrons. The van der Waals surface area contributed by atoms with Crippen molar-refractivity contribution in [3.8, 4) is 27.9 Å². The van der Waals surface area contributed by atoms with Gasteiger partial charge in [0, 0.05) is 139 Å². The monoisotopic (exact) mass is 1190 g/mol. The molecule has 4 N–H and O–H groups in total. The number of anilines is 4. The van der Waals surface area contributed by atoms with Crippen LogP contribution >= 0.6 is 0 Å². The number of nitrogens with zero attached hydrogens (tertiary/aromatic N) is 8. The molecule has 0 bridgehead atoms. The van der Waals surface area contributed by atoms with E-state index < -0.39 is 35.4 Å². The van der Waals surface area contributed by atoms with Gasteiger partial charge in [0.15, 0.2) is 0 Å². The van der Waals surface area contributed by atoms with Crippen LogP contribution in [-0.2, 0) is 19.4 Å². The molecule has 0 spiro atoms. The number of carboxylic acid groups (broad SMARTS) is 1. The predicted molar refractivity (Wildman–Crippen MR) is 333 cm³/mol. The van der Waals surface area contributed by atoms with Crippen molar-refractivity contribution in [3.05, 3.63) is 205 Å². The fourth-order valence-corrected chi connectivity index (χ4v) is 10.4. The number of carboxylic acids is 1. The minimum atomic E-state index is -4.61. The summed E-state index contributed by atoms with van der Waals surface area (Å²) in [7, 11) is 5.69. The first-order valence-electron chi connectivity index (χ1n) is 27.6. The molecule has 0 radical (unpaired) electrons. The zero-order valence-corrected chi connectivity index (χ0v) is 48.4. The van der Waals surface area contributed by atoms with E-state index >= 15 is 0 Å². The van der Waals surface area contributed by atoms with Gasteiger partial charge in [0.1, 0.15) is 0 Å². The van der Waals surface area contributed by atoms with E-state index in [1.165, 1.54) is 12.1 Å². The number of nitrogen functional groups attached to an aromatic ring is 1. The summed E-state index contributed by atoms with van der Waals surface area (Å²) in [5.41, 5.74) is 13.3. The van der Waals surface area contributed by atoms with Gasteiger partial charge in [-0.25, -0.2) is 4.79 Å². The summed E-state index contributed by atoms with van der Waals surface area (Å²) in [5.74, 6) is -2.03. The third-order valence-electron chi connectivity index (χ3n) is 15.4. The van der Waals surface area contributed by atoms with Crippen LogP contribution < -0.4 is 32.0 Å². The molecule has 5 aromatic carbocycles. The number of aryl methyl sites for hydroxylation is 5. The van der Waals surface area contributed by atoms with Gasteiger partial charge in [-0.2, -0.15) is 26.3 Å². The molecule has 9 aromatic rings. The number of amides is 1. The summed E-state index contributed by atoms with van der Waals surface area (Å²) >= 11 is 0. The van der Waals surface area contributed by atoms with Gasteiger partial charge >= 0.3 is 18.3 Å². The number of piperazine rings is 2. The molecule has 11 rings (SSSR count). The first-order valence-corrected chi connectivity index (χ1v) is 27.6. The molecule has 2 aliphatic heterocycles. The lowest BCUT2D eigenvalue weighted by Gasteiger charge is -2.34. The molecule has 0 saturated carbocycles. The minimum Gasteiger partial charge on any atom is -0.478 e. The van der Waals surface area contributed by atoms with E-state index in [1.54, 1.807) is 57.7 Å². The Kier molecular flexibility index (Phi) is 19.1. The van der Waals surface area contributed by atoms with E-state index in [9.17, 15) is 45.5 Å². The maximum atomic E-state index is 14.1. The Balaban J connectivity index is 0.000000193. The van der Waals surface area contributed by atoms with Crippen molar-refractivity contribution in [2.75, 3.05) is 87.3 Å². The third kappa shape index (κ3) is 14.7. The maximum absolute atomic E-state index is 14.1. The summed E-state index contributed by atoms with van der Waals surface area (Å²) in [6.45, 7) is 12.8. The van der Waals surface area contributed by atoms with E-state index in [0.717, 1.165) is 75.7 Å². The summed E-state index contributed by atoms with van der Waals surface area (Å²) in [5, 5.41) is 13.4. The quantitative estimate of drug-likeness (QED) is 0.0971. The van der Waals surface area contributed by atoms with Crippen molar-refractivity contribution in [2.24, 2.45) is 7.05 Å². The molecule has 15 nitrogen and oxygen atoms in total. The molecule has 2 aliphatic rings. The normalized spacial score (nSPS) is 13.9. The first kappa shape index (κ1) is 63.7. The number of carbonyl (C=O) groups excluding carboxylic acids is 1. The number of hydrogen-bond donors (Lipinski definition) is 3. The number of aromatic carboxylic acids is 1. The summed E-state index contributed by atoms with van der Waals surface area (Å²) < 4.78 is 83.4. The molecule has 1 amide bonds. The first-order chi connectivity index (χ1) is 40.7. The van der Waals surface area contributed by atoms with Crippen molar-refractivity contribution < 1.29 is 41.0 Å². The summed E-state index contributed by atoms with van der Waals surface area (Å²) in [4.78, 5) is 67.7. The Morgan fingerprint density at radius 1 is 0.529 bits per heavy atom. The lowest BCUT2D eigenvalue weighted by atomic mass is 9.99. The second-order valence-electron chi connectivity index (χ2n) is 21.7. The molecule has 2 fully saturated rings. The van der Waals surface area contributed by atoms with Gasteiger partial charge in [-0.05, 0) is 161 Å². The Labute approximate surface area is 499 Å². The van der Waals surface area contributed by atoms with Crippen LogP contribution in [0.2, 0.25) is 0 Å². The molecule has 21 heteroatoms. The van der Waals surface area contributed by atoms with Gasteiger partial charge in [-0.3, -0.25) is 28.9 Å². The van der Waals surface area contributed by atoms with E-state index in [4.69, 9.17) is 10.8 Å². The standard InChI is InChI=1S/C35H32F3N5O2.C17H17N3O.C13H15F3N2O2.CH4/c1-22-9-10-27(40-33(44)24-16-26(35(36,37)38)19-29(17-24)42-13-11-41(3)12-14-42)20-30(22)31-18-25-21-39-23(2)15-32(25)43(34(31)45)28-7-5-4-6-8-28;1-10-4-5-13(18)8-14(10)15-7-12-9-19-11(2)6-16(12)20(3)17(15)21;1-17-2-4-18(5-3-17)11-7-9(12(19)20)6-10(8-11)13(14,15)16;/h4-10,15-21H,11-14H2,1-3H3,(H,40,44);4-9H,18H2,1-3H3;6-8H,2-5H2,1H3,(H,19,20);1H4. The van der Waals surface area contributed by atoms with Crippen LogP contribution in [0, 0.1) is 27.7 Å². The van der Waals surface area contributed by atoms with Crippen LogP contribution in [0.25, 0.3) is 49.7 Å². The highest BCUT2D eigenvalue weighted by Crippen LogP contribution is 2.36. The number of nitrogens with two attached hydrogens (primary N) is 1. The van der Waals surface area contributed by atoms with Crippen LogP contribution in [0.5, 0.6) is 0 Å². The van der Waals surface area contributed by atoms with E-state index in [2.05, 4.69) is 25.1 Å². The molecule has 2 saturated heterocycles. The van der Waals surface area contributed by atoms with Gasteiger partial charge in [-0.15, -0.1) is 0 Å². The molecule has 0 unspecified atom stereocenters. The Hall–Kier alpha value is -9.34. The topological polar surface area (TPSA) is 175 Å². The van der Waals surface area contributed by atoms with Crippen molar-refractivity contribution in [2.45, 2.75) is 47.5 Å². The van der Waals surface area contributed by atoms with Crippen molar-refractivity contribution in [1.29, 1.82) is 0 Å². The number of benzene rings is 5. The number of aromatic nitrogens is 4. The smallest absolute Gasteiger partial charge is 0.416 e. The molecular formula is C66H68F6N10O5. The Morgan fingerprint density at radius 3 is 1.53 bits per heavy atom. The lowest BCUT2D eigenvalue weighted by molar-refractivity contribution is -0.138.